The van der Waals surface area contributed by atoms with E-state index in [1.165, 1.54) is 25.0 Å². The van der Waals surface area contributed by atoms with Crippen LogP contribution in [0, 0.1) is 0 Å². The third-order valence-corrected chi connectivity index (χ3v) is 3.53. The van der Waals surface area contributed by atoms with Crippen molar-refractivity contribution in [3.05, 3.63) is 35.5 Å². The fourth-order valence-electron chi connectivity index (χ4n) is 2.57. The lowest BCUT2D eigenvalue weighted by Crippen LogP contribution is -2.14. The number of aromatic nitrogens is 1. The summed E-state index contributed by atoms with van der Waals surface area (Å²) in [4.78, 5) is 14.7. The third-order valence-electron chi connectivity index (χ3n) is 3.53. The summed E-state index contributed by atoms with van der Waals surface area (Å²) < 4.78 is 0. The van der Waals surface area contributed by atoms with Gasteiger partial charge in [-0.15, -0.1) is 0 Å². The van der Waals surface area contributed by atoms with Crippen LogP contribution in [-0.4, -0.2) is 10.9 Å². The van der Waals surface area contributed by atoms with Gasteiger partial charge in [-0.1, -0.05) is 44.4 Å². The van der Waals surface area contributed by atoms with E-state index < -0.39 is 0 Å². The Labute approximate surface area is 114 Å². The van der Waals surface area contributed by atoms with Crippen molar-refractivity contribution in [2.75, 3.05) is 0 Å². The molecule has 0 unspecified atom stereocenters. The Hall–Kier alpha value is -1.77. The van der Waals surface area contributed by atoms with Crippen LogP contribution in [-0.2, 0) is 17.6 Å². The maximum atomic E-state index is 11.2. The molecular weight excluding hydrogens is 236 g/mol. The first-order valence-electron chi connectivity index (χ1n) is 7.09. The number of carbonyl (C=O) groups is 1. The number of nitrogens with one attached hydrogen (secondary N) is 1. The summed E-state index contributed by atoms with van der Waals surface area (Å²) in [5.41, 5.74) is 8.73. The molecule has 3 N–H and O–H groups in total. The Morgan fingerprint density at radius 2 is 2.00 bits per heavy atom. The quantitative estimate of drug-likeness (QED) is 0.735. The maximum absolute atomic E-state index is 11.2. The molecule has 3 nitrogen and oxygen atoms in total. The van der Waals surface area contributed by atoms with Crippen molar-refractivity contribution in [1.29, 1.82) is 0 Å². The zero-order valence-electron chi connectivity index (χ0n) is 11.5. The van der Waals surface area contributed by atoms with Gasteiger partial charge < -0.3 is 10.7 Å². The first kappa shape index (κ1) is 13.7. The highest BCUT2D eigenvalue weighted by atomic mass is 16.1. The van der Waals surface area contributed by atoms with Gasteiger partial charge in [0.05, 0.1) is 6.42 Å². The number of nitrogens with two attached hydrogens (primary N) is 1. The second-order valence-electron chi connectivity index (χ2n) is 5.08. The van der Waals surface area contributed by atoms with Crippen molar-refractivity contribution in [1.82, 2.24) is 4.98 Å². The summed E-state index contributed by atoms with van der Waals surface area (Å²) in [5.74, 6) is -0.264. The van der Waals surface area contributed by atoms with E-state index in [0.29, 0.717) is 6.42 Å². The molecular formula is C16H22N2O. The molecule has 2 rings (SSSR count). The SMILES string of the molecule is CCCCCCc1[nH]c2ccccc2c1CC(N)=O. The lowest BCUT2D eigenvalue weighted by molar-refractivity contribution is -0.117. The van der Waals surface area contributed by atoms with Crippen LogP contribution in [0.4, 0.5) is 0 Å². The lowest BCUT2D eigenvalue weighted by atomic mass is 10.0. The molecule has 0 aliphatic carbocycles. The number of H-pyrrole nitrogens is 1. The number of benzene rings is 1. The number of aromatic amines is 1. The molecule has 1 heterocycles. The van der Waals surface area contributed by atoms with Crippen molar-refractivity contribution in [3.8, 4) is 0 Å². The summed E-state index contributed by atoms with van der Waals surface area (Å²) in [6.45, 7) is 2.21. The molecule has 19 heavy (non-hydrogen) atoms. The van der Waals surface area contributed by atoms with Crippen LogP contribution in [0.2, 0.25) is 0 Å². The number of rotatable bonds is 7. The molecule has 0 fully saturated rings. The molecule has 0 saturated heterocycles. The van der Waals surface area contributed by atoms with Crippen LogP contribution in [0.1, 0.15) is 43.9 Å². The highest BCUT2D eigenvalue weighted by molar-refractivity contribution is 5.89. The second-order valence-corrected chi connectivity index (χ2v) is 5.08. The summed E-state index contributed by atoms with van der Waals surface area (Å²) in [5, 5.41) is 1.13. The van der Waals surface area contributed by atoms with Gasteiger partial charge in [-0.3, -0.25) is 4.79 Å². The predicted molar refractivity (Wildman–Crippen MR) is 79.0 cm³/mol. The summed E-state index contributed by atoms with van der Waals surface area (Å²) in [6.07, 6.45) is 6.23. The van der Waals surface area contributed by atoms with Crippen LogP contribution in [0.25, 0.3) is 10.9 Å². The third kappa shape index (κ3) is 3.37. The number of unbranched alkanes of at least 4 members (excludes halogenated alkanes) is 3. The monoisotopic (exact) mass is 258 g/mol. The highest BCUT2D eigenvalue weighted by Crippen LogP contribution is 2.24. The van der Waals surface area contributed by atoms with Gasteiger partial charge in [-0.05, 0) is 24.5 Å². The normalized spacial score (nSPS) is 11.0. The standard InChI is InChI=1S/C16H22N2O/c1-2-3-4-5-9-15-13(11-16(17)19)12-8-6-7-10-14(12)18-15/h6-8,10,18H,2-5,9,11H2,1H3,(H2,17,19). The number of amides is 1. The van der Waals surface area contributed by atoms with E-state index in [-0.39, 0.29) is 5.91 Å². The molecule has 0 radical (unpaired) electrons. The second kappa shape index (κ2) is 6.41. The minimum absolute atomic E-state index is 0.264. The lowest BCUT2D eigenvalue weighted by Gasteiger charge is -2.03. The molecule has 2 aromatic rings. The molecule has 0 aliphatic rings. The van der Waals surface area contributed by atoms with Crippen molar-refractivity contribution in [3.63, 3.8) is 0 Å². The Morgan fingerprint density at radius 1 is 1.21 bits per heavy atom. The van der Waals surface area contributed by atoms with Gasteiger partial charge in [0, 0.05) is 16.6 Å². The molecule has 102 valence electrons. The number of carbonyl (C=O) groups excluding carboxylic acids is 1. The molecule has 1 aromatic carbocycles. The fraction of sp³-hybridized carbons (Fsp3) is 0.438. The zero-order valence-corrected chi connectivity index (χ0v) is 11.5. The van der Waals surface area contributed by atoms with Gasteiger partial charge in [0.2, 0.25) is 5.91 Å². The Kier molecular flexibility index (Phi) is 4.61. The molecule has 1 amide bonds. The average molecular weight is 258 g/mol. The number of primary amides is 1. The minimum atomic E-state index is -0.264. The molecule has 0 atom stereocenters. The van der Waals surface area contributed by atoms with E-state index in [9.17, 15) is 4.79 Å². The van der Waals surface area contributed by atoms with Crippen LogP contribution < -0.4 is 5.73 Å². The molecule has 0 bridgehead atoms. The Balaban J connectivity index is 2.22. The van der Waals surface area contributed by atoms with Gasteiger partial charge in [0.15, 0.2) is 0 Å². The topological polar surface area (TPSA) is 58.9 Å². The van der Waals surface area contributed by atoms with Crippen molar-refractivity contribution >= 4 is 16.8 Å². The van der Waals surface area contributed by atoms with Gasteiger partial charge in [-0.2, -0.15) is 0 Å². The smallest absolute Gasteiger partial charge is 0.221 e. The largest absolute Gasteiger partial charge is 0.369 e. The van der Waals surface area contributed by atoms with Crippen LogP contribution in [0.5, 0.6) is 0 Å². The van der Waals surface area contributed by atoms with Gasteiger partial charge in [0.25, 0.3) is 0 Å². The summed E-state index contributed by atoms with van der Waals surface area (Å²) in [7, 11) is 0. The number of para-hydroxylation sites is 1. The van der Waals surface area contributed by atoms with E-state index in [4.69, 9.17) is 5.73 Å². The molecule has 3 heteroatoms. The van der Waals surface area contributed by atoms with Crippen LogP contribution in [0.3, 0.4) is 0 Å². The number of hydrogen-bond donors (Lipinski definition) is 2. The number of hydrogen-bond acceptors (Lipinski definition) is 1. The molecule has 0 saturated carbocycles. The highest BCUT2D eigenvalue weighted by Gasteiger charge is 2.12. The van der Waals surface area contributed by atoms with Crippen molar-refractivity contribution in [2.24, 2.45) is 5.73 Å². The first-order valence-corrected chi connectivity index (χ1v) is 7.09. The Morgan fingerprint density at radius 3 is 2.74 bits per heavy atom. The number of aryl methyl sites for hydroxylation is 1. The van der Waals surface area contributed by atoms with Crippen LogP contribution in [0.15, 0.2) is 24.3 Å². The fourth-order valence-corrected chi connectivity index (χ4v) is 2.57. The Bertz CT molecular complexity index is 557. The predicted octanol–water partition coefficient (Wildman–Crippen LogP) is 3.32. The zero-order chi connectivity index (χ0) is 13.7. The van der Waals surface area contributed by atoms with E-state index in [1.54, 1.807) is 0 Å². The summed E-state index contributed by atoms with van der Waals surface area (Å²) in [6, 6.07) is 8.12. The van der Waals surface area contributed by atoms with Crippen molar-refractivity contribution < 1.29 is 4.79 Å². The molecule has 1 aromatic heterocycles. The van der Waals surface area contributed by atoms with E-state index in [0.717, 1.165) is 29.3 Å². The summed E-state index contributed by atoms with van der Waals surface area (Å²) >= 11 is 0. The molecule has 0 aliphatic heterocycles. The van der Waals surface area contributed by atoms with Gasteiger partial charge in [0.1, 0.15) is 0 Å². The van der Waals surface area contributed by atoms with Crippen LogP contribution >= 0.6 is 0 Å². The van der Waals surface area contributed by atoms with E-state index in [1.807, 2.05) is 12.1 Å². The van der Waals surface area contributed by atoms with Crippen molar-refractivity contribution in [2.45, 2.75) is 45.4 Å². The van der Waals surface area contributed by atoms with Gasteiger partial charge >= 0.3 is 0 Å². The van der Waals surface area contributed by atoms with E-state index >= 15 is 0 Å². The molecule has 0 spiro atoms. The van der Waals surface area contributed by atoms with Gasteiger partial charge in [-0.25, -0.2) is 0 Å². The first-order chi connectivity index (χ1) is 9.22. The van der Waals surface area contributed by atoms with E-state index in [2.05, 4.69) is 24.0 Å². The number of fused-ring (bicyclic) bond motifs is 1. The average Bonchev–Trinajstić information content (AvgIpc) is 2.73. The maximum Gasteiger partial charge on any atom is 0.221 e. The minimum Gasteiger partial charge on any atom is -0.369 e.